The van der Waals surface area contributed by atoms with Gasteiger partial charge in [-0.15, -0.1) is 0 Å². The summed E-state index contributed by atoms with van der Waals surface area (Å²) in [4.78, 5) is 12.4. The van der Waals surface area contributed by atoms with E-state index in [9.17, 15) is 9.18 Å². The van der Waals surface area contributed by atoms with Crippen LogP contribution in [0.3, 0.4) is 0 Å². The maximum atomic E-state index is 13.3. The molecule has 0 radical (unpaired) electrons. The maximum Gasteiger partial charge on any atom is 0.255 e. The van der Waals surface area contributed by atoms with Gasteiger partial charge in [0.25, 0.3) is 5.91 Å². The molecule has 1 N–H and O–H groups in total. The van der Waals surface area contributed by atoms with Crippen LogP contribution in [-0.4, -0.2) is 19.1 Å². The summed E-state index contributed by atoms with van der Waals surface area (Å²) in [6.45, 7) is 6.74. The summed E-state index contributed by atoms with van der Waals surface area (Å²) in [7, 11) is 0. The molecular formula is C19H22FNO3. The Bertz CT molecular complexity index is 716. The Hall–Kier alpha value is -2.56. The molecule has 4 nitrogen and oxygen atoms in total. The van der Waals surface area contributed by atoms with Crippen molar-refractivity contribution in [2.45, 2.75) is 27.2 Å². The van der Waals surface area contributed by atoms with Crippen LogP contribution in [0, 0.1) is 12.7 Å². The van der Waals surface area contributed by atoms with Crippen molar-refractivity contribution in [3.05, 3.63) is 53.3 Å². The molecule has 5 heteroatoms. The molecular weight excluding hydrogens is 309 g/mol. The third-order valence-corrected chi connectivity index (χ3v) is 3.42. The number of halogens is 1. The standard InChI is InChI=1S/C19H22FNO3/c1-4-10-24-17-9-7-14(11-18(17)23-5-2)19(22)21-16-12-15(20)8-6-13(16)3/h6-9,11-12H,4-5,10H2,1-3H3,(H,21,22). The van der Waals surface area contributed by atoms with Crippen LogP contribution in [0.5, 0.6) is 11.5 Å². The van der Waals surface area contributed by atoms with Gasteiger partial charge >= 0.3 is 0 Å². The minimum Gasteiger partial charge on any atom is -0.490 e. The number of benzene rings is 2. The topological polar surface area (TPSA) is 47.6 Å². The van der Waals surface area contributed by atoms with Gasteiger partial charge in [0.15, 0.2) is 11.5 Å². The fourth-order valence-corrected chi connectivity index (χ4v) is 2.17. The molecule has 1 amide bonds. The van der Waals surface area contributed by atoms with Gasteiger partial charge in [-0.3, -0.25) is 4.79 Å². The van der Waals surface area contributed by atoms with Gasteiger partial charge in [-0.1, -0.05) is 13.0 Å². The Labute approximate surface area is 141 Å². The van der Waals surface area contributed by atoms with Crippen LogP contribution in [-0.2, 0) is 0 Å². The highest BCUT2D eigenvalue weighted by Gasteiger charge is 2.13. The number of carbonyl (C=O) groups excluding carboxylic acids is 1. The summed E-state index contributed by atoms with van der Waals surface area (Å²) < 4.78 is 24.5. The lowest BCUT2D eigenvalue weighted by Gasteiger charge is -2.13. The van der Waals surface area contributed by atoms with E-state index in [-0.39, 0.29) is 5.91 Å². The van der Waals surface area contributed by atoms with Gasteiger partial charge in [0.05, 0.1) is 13.2 Å². The molecule has 0 bridgehead atoms. The number of hydrogen-bond donors (Lipinski definition) is 1. The smallest absolute Gasteiger partial charge is 0.255 e. The minimum absolute atomic E-state index is 0.327. The molecule has 0 spiro atoms. The first-order valence-electron chi connectivity index (χ1n) is 8.02. The monoisotopic (exact) mass is 331 g/mol. The molecule has 24 heavy (non-hydrogen) atoms. The number of amides is 1. The van der Waals surface area contributed by atoms with Crippen molar-refractivity contribution in [1.29, 1.82) is 0 Å². The molecule has 0 atom stereocenters. The average molecular weight is 331 g/mol. The van der Waals surface area contributed by atoms with Gasteiger partial charge in [-0.05, 0) is 56.2 Å². The fraction of sp³-hybridized carbons (Fsp3) is 0.316. The van der Waals surface area contributed by atoms with Crippen molar-refractivity contribution in [3.8, 4) is 11.5 Å². The highest BCUT2D eigenvalue weighted by atomic mass is 19.1. The highest BCUT2D eigenvalue weighted by molar-refractivity contribution is 6.05. The average Bonchev–Trinajstić information content (AvgIpc) is 2.57. The lowest BCUT2D eigenvalue weighted by molar-refractivity contribution is 0.102. The van der Waals surface area contributed by atoms with E-state index < -0.39 is 5.82 Å². The van der Waals surface area contributed by atoms with Crippen molar-refractivity contribution in [2.75, 3.05) is 18.5 Å². The van der Waals surface area contributed by atoms with Gasteiger partial charge in [-0.2, -0.15) is 0 Å². The summed E-state index contributed by atoms with van der Waals surface area (Å²) in [5.74, 6) is 0.410. The molecule has 2 aromatic carbocycles. The molecule has 0 aliphatic heterocycles. The Balaban J connectivity index is 2.22. The molecule has 0 aliphatic carbocycles. The van der Waals surface area contributed by atoms with Crippen molar-refractivity contribution in [1.82, 2.24) is 0 Å². The van der Waals surface area contributed by atoms with Gasteiger partial charge in [0.1, 0.15) is 5.82 Å². The first-order chi connectivity index (χ1) is 11.5. The lowest BCUT2D eigenvalue weighted by Crippen LogP contribution is -2.13. The minimum atomic E-state index is -0.394. The predicted octanol–water partition coefficient (Wildman–Crippen LogP) is 4.57. The molecule has 0 aliphatic rings. The third-order valence-electron chi connectivity index (χ3n) is 3.42. The third kappa shape index (κ3) is 4.47. The molecule has 0 saturated carbocycles. The van der Waals surface area contributed by atoms with Crippen LogP contribution in [0.1, 0.15) is 36.2 Å². The number of ether oxygens (including phenoxy) is 2. The molecule has 2 aromatic rings. The summed E-state index contributed by atoms with van der Waals surface area (Å²) in [5, 5.41) is 2.72. The SMILES string of the molecule is CCCOc1ccc(C(=O)Nc2cc(F)ccc2C)cc1OCC. The van der Waals surface area contributed by atoms with Crippen LogP contribution in [0.15, 0.2) is 36.4 Å². The van der Waals surface area contributed by atoms with E-state index in [2.05, 4.69) is 5.32 Å². The largest absolute Gasteiger partial charge is 0.490 e. The van der Waals surface area contributed by atoms with Crippen molar-refractivity contribution < 1.29 is 18.7 Å². The van der Waals surface area contributed by atoms with Crippen molar-refractivity contribution >= 4 is 11.6 Å². The number of nitrogens with one attached hydrogen (secondary N) is 1. The predicted molar refractivity (Wildman–Crippen MR) is 92.5 cm³/mol. The Morgan fingerprint density at radius 3 is 2.58 bits per heavy atom. The van der Waals surface area contributed by atoms with E-state index in [1.807, 2.05) is 20.8 Å². The second kappa shape index (κ2) is 8.34. The highest BCUT2D eigenvalue weighted by Crippen LogP contribution is 2.29. The molecule has 2 rings (SSSR count). The first kappa shape index (κ1) is 17.8. The summed E-state index contributed by atoms with van der Waals surface area (Å²) in [5.41, 5.74) is 1.66. The van der Waals surface area contributed by atoms with E-state index >= 15 is 0 Å². The lowest BCUT2D eigenvalue weighted by atomic mass is 10.1. The molecule has 128 valence electrons. The number of aryl methyl sites for hydroxylation is 1. The number of rotatable bonds is 7. The summed E-state index contributed by atoms with van der Waals surface area (Å²) >= 11 is 0. The van der Waals surface area contributed by atoms with Crippen LogP contribution in [0.2, 0.25) is 0 Å². The fourth-order valence-electron chi connectivity index (χ4n) is 2.17. The van der Waals surface area contributed by atoms with Gasteiger partial charge in [-0.25, -0.2) is 4.39 Å². The van der Waals surface area contributed by atoms with E-state index in [1.165, 1.54) is 12.1 Å². The zero-order valence-electron chi connectivity index (χ0n) is 14.2. The molecule has 0 saturated heterocycles. The van der Waals surface area contributed by atoms with Gasteiger partial charge < -0.3 is 14.8 Å². The Morgan fingerprint density at radius 1 is 1.08 bits per heavy atom. The second-order valence-corrected chi connectivity index (χ2v) is 5.36. The van der Waals surface area contributed by atoms with E-state index in [4.69, 9.17) is 9.47 Å². The van der Waals surface area contributed by atoms with Crippen LogP contribution >= 0.6 is 0 Å². The van der Waals surface area contributed by atoms with Gasteiger partial charge in [0, 0.05) is 11.3 Å². The number of carbonyl (C=O) groups is 1. The van der Waals surface area contributed by atoms with E-state index in [0.717, 1.165) is 12.0 Å². The van der Waals surface area contributed by atoms with Gasteiger partial charge in [0.2, 0.25) is 0 Å². The zero-order chi connectivity index (χ0) is 17.5. The molecule has 0 unspecified atom stereocenters. The van der Waals surface area contributed by atoms with Crippen LogP contribution < -0.4 is 14.8 Å². The quantitative estimate of drug-likeness (QED) is 0.808. The van der Waals surface area contributed by atoms with E-state index in [0.29, 0.717) is 36.0 Å². The Kier molecular flexibility index (Phi) is 6.18. The maximum absolute atomic E-state index is 13.3. The molecule has 0 fully saturated rings. The van der Waals surface area contributed by atoms with Crippen molar-refractivity contribution in [2.24, 2.45) is 0 Å². The Morgan fingerprint density at radius 2 is 1.88 bits per heavy atom. The summed E-state index contributed by atoms with van der Waals surface area (Å²) in [6.07, 6.45) is 0.882. The number of hydrogen-bond acceptors (Lipinski definition) is 3. The normalized spacial score (nSPS) is 10.3. The van der Waals surface area contributed by atoms with Crippen LogP contribution in [0.25, 0.3) is 0 Å². The second-order valence-electron chi connectivity index (χ2n) is 5.36. The number of anilines is 1. The van der Waals surface area contributed by atoms with E-state index in [1.54, 1.807) is 24.3 Å². The zero-order valence-corrected chi connectivity index (χ0v) is 14.2. The van der Waals surface area contributed by atoms with Crippen LogP contribution in [0.4, 0.5) is 10.1 Å². The van der Waals surface area contributed by atoms with Crippen molar-refractivity contribution in [3.63, 3.8) is 0 Å². The summed E-state index contributed by atoms with van der Waals surface area (Å²) in [6, 6.07) is 9.30. The molecule has 0 aromatic heterocycles. The molecule has 0 heterocycles. The first-order valence-corrected chi connectivity index (χ1v) is 8.02.